The van der Waals surface area contributed by atoms with Gasteiger partial charge < -0.3 is 19.9 Å². The average molecular weight is 501 g/mol. The second-order valence-corrected chi connectivity index (χ2v) is 13.4. The molecular formula is C32H40N2O3. The quantitative estimate of drug-likeness (QED) is 0.572. The van der Waals surface area contributed by atoms with Gasteiger partial charge in [0.15, 0.2) is 11.5 Å². The summed E-state index contributed by atoms with van der Waals surface area (Å²) in [6.45, 7) is 6.62. The molecule has 0 amide bonds. The van der Waals surface area contributed by atoms with Crippen LogP contribution in [0.5, 0.6) is 11.5 Å². The van der Waals surface area contributed by atoms with Crippen molar-refractivity contribution in [1.82, 2.24) is 10.2 Å². The molecule has 2 aromatic carbocycles. The standard InChI is InChI=1S/C32H40N2O3/c1-29(20-33-17-21-6-4-3-5-7-21)19-30-12-13-32(29,36-2)28-31(30)14-15-34(18-22-8-9-22)25(30)16-23-10-11-24(35)27(37-28)26(23)31/h3-7,10-11,22,25,28,33,35H,8-9,12-20H2,1-2H3/t25-,28-,29-,30?,31+,32+/m1/s1. The van der Waals surface area contributed by atoms with Crippen LogP contribution in [0, 0.1) is 16.7 Å². The van der Waals surface area contributed by atoms with Crippen LogP contribution in [0.4, 0.5) is 0 Å². The minimum atomic E-state index is -0.387. The lowest BCUT2D eigenvalue weighted by molar-refractivity contribution is -0.304. The highest BCUT2D eigenvalue weighted by molar-refractivity contribution is 5.63. The van der Waals surface area contributed by atoms with Crippen LogP contribution in [0.25, 0.3) is 0 Å². The van der Waals surface area contributed by atoms with Crippen LogP contribution in [0.2, 0.25) is 0 Å². The molecule has 9 rings (SSSR count). The third-order valence-electron chi connectivity index (χ3n) is 11.9. The third-order valence-corrected chi connectivity index (χ3v) is 11.9. The second kappa shape index (κ2) is 7.52. The van der Waals surface area contributed by atoms with E-state index >= 15 is 0 Å². The lowest BCUT2D eigenvalue weighted by Gasteiger charge is -2.76. The Morgan fingerprint density at radius 3 is 2.73 bits per heavy atom. The van der Waals surface area contributed by atoms with Gasteiger partial charge in [-0.15, -0.1) is 0 Å². The fourth-order valence-corrected chi connectivity index (χ4v) is 10.3. The van der Waals surface area contributed by atoms with Crippen LogP contribution in [0.1, 0.15) is 62.1 Å². The molecule has 1 unspecified atom stereocenters. The van der Waals surface area contributed by atoms with Gasteiger partial charge in [0.25, 0.3) is 0 Å². The average Bonchev–Trinajstić information content (AvgIpc) is 3.64. The van der Waals surface area contributed by atoms with E-state index in [1.165, 1.54) is 42.5 Å². The van der Waals surface area contributed by atoms with E-state index in [9.17, 15) is 5.11 Å². The molecule has 0 aromatic heterocycles. The Balaban J connectivity index is 1.25. The molecule has 37 heavy (non-hydrogen) atoms. The lowest BCUT2D eigenvalue weighted by atomic mass is 9.32. The van der Waals surface area contributed by atoms with Gasteiger partial charge in [-0.05, 0) is 74.6 Å². The number of methoxy groups -OCH3 is 1. The summed E-state index contributed by atoms with van der Waals surface area (Å²) in [4.78, 5) is 2.89. The molecular weight excluding hydrogens is 460 g/mol. The molecule has 7 aliphatic rings. The first-order valence-corrected chi connectivity index (χ1v) is 14.5. The van der Waals surface area contributed by atoms with Gasteiger partial charge in [0.2, 0.25) is 0 Å². The number of rotatable bonds is 7. The molecule has 5 nitrogen and oxygen atoms in total. The number of nitrogens with one attached hydrogen (secondary N) is 1. The minimum Gasteiger partial charge on any atom is -0.504 e. The van der Waals surface area contributed by atoms with Gasteiger partial charge in [-0.2, -0.15) is 0 Å². The van der Waals surface area contributed by atoms with Crippen LogP contribution >= 0.6 is 0 Å². The lowest BCUT2D eigenvalue weighted by Crippen LogP contribution is -2.83. The fourth-order valence-electron chi connectivity index (χ4n) is 10.3. The summed E-state index contributed by atoms with van der Waals surface area (Å²) >= 11 is 0. The first-order valence-electron chi connectivity index (χ1n) is 14.5. The van der Waals surface area contributed by atoms with E-state index in [1.54, 1.807) is 0 Å². The van der Waals surface area contributed by atoms with Crippen molar-refractivity contribution in [2.75, 3.05) is 26.7 Å². The highest BCUT2D eigenvalue weighted by Gasteiger charge is 2.82. The van der Waals surface area contributed by atoms with Crippen molar-refractivity contribution in [1.29, 1.82) is 0 Å². The minimum absolute atomic E-state index is 0.0519. The maximum absolute atomic E-state index is 11.0. The summed E-state index contributed by atoms with van der Waals surface area (Å²) in [5, 5.41) is 14.9. The zero-order valence-electron chi connectivity index (χ0n) is 22.3. The Morgan fingerprint density at radius 1 is 1.11 bits per heavy atom. The summed E-state index contributed by atoms with van der Waals surface area (Å²) < 4.78 is 13.7. The molecule has 5 aliphatic carbocycles. The molecule has 2 N–H and O–H groups in total. The van der Waals surface area contributed by atoms with E-state index in [-0.39, 0.29) is 27.9 Å². The predicted molar refractivity (Wildman–Crippen MR) is 143 cm³/mol. The number of hydrogen-bond acceptors (Lipinski definition) is 5. The molecule has 5 fully saturated rings. The van der Waals surface area contributed by atoms with E-state index in [0.717, 1.165) is 57.0 Å². The van der Waals surface area contributed by atoms with Gasteiger partial charge in [-0.25, -0.2) is 0 Å². The number of nitrogens with zero attached hydrogens (tertiary/aromatic N) is 1. The van der Waals surface area contributed by atoms with Crippen LogP contribution in [-0.4, -0.2) is 54.5 Å². The maximum Gasteiger partial charge on any atom is 0.165 e. The number of piperidine rings is 1. The van der Waals surface area contributed by atoms with Crippen molar-refractivity contribution in [2.45, 2.75) is 81.6 Å². The van der Waals surface area contributed by atoms with Crippen LogP contribution < -0.4 is 10.1 Å². The number of fused-ring (bicyclic) bond motifs is 2. The Labute approximate surface area is 220 Å². The molecule has 5 heteroatoms. The predicted octanol–water partition coefficient (Wildman–Crippen LogP) is 4.80. The molecule has 4 bridgehead atoms. The molecule has 2 spiro atoms. The van der Waals surface area contributed by atoms with Gasteiger partial charge in [-0.3, -0.25) is 4.90 Å². The van der Waals surface area contributed by atoms with E-state index in [1.807, 2.05) is 13.2 Å². The summed E-state index contributed by atoms with van der Waals surface area (Å²) in [6, 6.07) is 15.3. The smallest absolute Gasteiger partial charge is 0.165 e. The molecule has 0 radical (unpaired) electrons. The highest BCUT2D eigenvalue weighted by Crippen LogP contribution is 2.78. The van der Waals surface area contributed by atoms with Gasteiger partial charge in [0, 0.05) is 54.6 Å². The third kappa shape index (κ3) is 2.71. The van der Waals surface area contributed by atoms with Crippen LogP contribution in [0.15, 0.2) is 42.5 Å². The first-order chi connectivity index (χ1) is 18.0. The number of ether oxygens (including phenoxy) is 2. The van der Waals surface area contributed by atoms with Crippen molar-refractivity contribution in [3.8, 4) is 11.5 Å². The van der Waals surface area contributed by atoms with Crippen LogP contribution in [0.3, 0.4) is 0 Å². The SMILES string of the molecule is CO[C@]12CCC3(C[C@]1(C)CNCc1ccccc1)[C@H]1Cc4ccc(O)c5c4[C@@]3(CCN1CC1CC1)[C@H]2O5. The van der Waals surface area contributed by atoms with Crippen LogP contribution in [-0.2, 0) is 23.1 Å². The number of phenols is 1. The Hall–Kier alpha value is -2.08. The van der Waals surface area contributed by atoms with E-state index < -0.39 is 0 Å². The van der Waals surface area contributed by atoms with E-state index in [0.29, 0.717) is 11.8 Å². The maximum atomic E-state index is 11.0. The van der Waals surface area contributed by atoms with Gasteiger partial charge in [0.1, 0.15) is 11.7 Å². The van der Waals surface area contributed by atoms with Gasteiger partial charge >= 0.3 is 0 Å². The monoisotopic (exact) mass is 500 g/mol. The van der Waals surface area contributed by atoms with E-state index in [4.69, 9.17) is 9.47 Å². The Kier molecular flexibility index (Phi) is 4.65. The van der Waals surface area contributed by atoms with Crippen molar-refractivity contribution < 1.29 is 14.6 Å². The Morgan fingerprint density at radius 2 is 1.95 bits per heavy atom. The zero-order chi connectivity index (χ0) is 25.0. The van der Waals surface area contributed by atoms with E-state index in [2.05, 4.69) is 53.5 Å². The van der Waals surface area contributed by atoms with Crippen molar-refractivity contribution in [3.63, 3.8) is 0 Å². The number of likely N-dealkylation sites (tertiary alicyclic amines) is 1. The molecule has 1 saturated heterocycles. The largest absolute Gasteiger partial charge is 0.504 e. The number of phenolic OH excluding ortho intramolecular Hbond substituents is 1. The highest BCUT2D eigenvalue weighted by atomic mass is 16.6. The number of hydrogen-bond donors (Lipinski definition) is 2. The molecule has 2 aliphatic heterocycles. The topological polar surface area (TPSA) is 54.0 Å². The molecule has 2 heterocycles. The summed E-state index contributed by atoms with van der Waals surface area (Å²) in [5.74, 6) is 1.97. The summed E-state index contributed by atoms with van der Waals surface area (Å²) in [7, 11) is 1.92. The van der Waals surface area contributed by atoms with Gasteiger partial charge in [0.05, 0.1) is 0 Å². The summed E-state index contributed by atoms with van der Waals surface area (Å²) in [6.07, 6.45) is 8.31. The zero-order valence-corrected chi connectivity index (χ0v) is 22.3. The second-order valence-electron chi connectivity index (χ2n) is 13.4. The number of aromatic hydroxyl groups is 1. The van der Waals surface area contributed by atoms with Crippen molar-refractivity contribution in [3.05, 3.63) is 59.2 Å². The molecule has 6 atom stereocenters. The van der Waals surface area contributed by atoms with Crippen molar-refractivity contribution in [2.24, 2.45) is 16.7 Å². The Bertz CT molecular complexity index is 1250. The molecule has 4 saturated carbocycles. The summed E-state index contributed by atoms with van der Waals surface area (Å²) in [5.41, 5.74) is 3.71. The van der Waals surface area contributed by atoms with Crippen molar-refractivity contribution >= 4 is 0 Å². The first kappa shape index (κ1) is 22.9. The number of benzene rings is 2. The fraction of sp³-hybridized carbons (Fsp3) is 0.625. The molecule has 2 aromatic rings. The normalized spacial score (nSPS) is 40.9. The molecule has 196 valence electrons. The van der Waals surface area contributed by atoms with Gasteiger partial charge in [-0.1, -0.05) is 43.3 Å².